The van der Waals surface area contributed by atoms with Gasteiger partial charge in [-0.15, -0.1) is 0 Å². The molecule has 0 aromatic heterocycles. The molecule has 0 amide bonds. The largest absolute Gasteiger partial charge is 0.477 e. The smallest absolute Gasteiger partial charge is 0.359 e. The van der Waals surface area contributed by atoms with E-state index < -0.39 is 5.97 Å². The van der Waals surface area contributed by atoms with Gasteiger partial charge < -0.3 is 14.7 Å². The Hall–Kier alpha value is -0.610. The van der Waals surface area contributed by atoms with Gasteiger partial charge >= 0.3 is 5.97 Å². The van der Waals surface area contributed by atoms with Crippen LogP contribution in [0.2, 0.25) is 0 Å². The molecule has 4 nitrogen and oxygen atoms in total. The highest BCUT2D eigenvalue weighted by Crippen LogP contribution is 1.73. The summed E-state index contributed by atoms with van der Waals surface area (Å²) in [4.78, 5) is 11.3. The molecule has 0 atom stereocenters. The molecule has 0 bridgehead atoms. The van der Waals surface area contributed by atoms with Gasteiger partial charge in [0, 0.05) is 0 Å². The van der Waals surface area contributed by atoms with E-state index in [4.69, 9.17) is 9.84 Å². The quantitative estimate of drug-likeness (QED) is 0.473. The Kier molecular flexibility index (Phi) is 2.65. The third-order valence-corrected chi connectivity index (χ3v) is 1.60. The van der Waals surface area contributed by atoms with E-state index in [-0.39, 0.29) is 6.54 Å². The molecule has 0 aromatic carbocycles. The first-order valence-electron chi connectivity index (χ1n) is 3.42. The lowest BCUT2D eigenvalue weighted by Gasteiger charge is -2.21. The fraction of sp³-hybridized carbons (Fsp3) is 0.833. The average molecular weight is 146 g/mol. The van der Waals surface area contributed by atoms with Crippen LogP contribution in [0.25, 0.3) is 0 Å². The summed E-state index contributed by atoms with van der Waals surface area (Å²) in [6, 6.07) is 0. The monoisotopic (exact) mass is 146 g/mol. The third kappa shape index (κ3) is 2.33. The predicted octanol–water partition coefficient (Wildman–Crippen LogP) is -2.01. The van der Waals surface area contributed by atoms with Crippen LogP contribution in [0.15, 0.2) is 0 Å². The number of carbonyl (C=O) groups is 1. The second-order valence-corrected chi connectivity index (χ2v) is 2.43. The van der Waals surface area contributed by atoms with Crippen LogP contribution in [-0.4, -0.2) is 43.9 Å². The minimum absolute atomic E-state index is 0.226. The van der Waals surface area contributed by atoms with Crippen molar-refractivity contribution in [2.75, 3.05) is 32.8 Å². The highest BCUT2D eigenvalue weighted by molar-refractivity contribution is 5.67. The molecule has 1 aliphatic rings. The Labute approximate surface area is 59.4 Å². The van der Waals surface area contributed by atoms with Crippen molar-refractivity contribution >= 4 is 5.97 Å². The first kappa shape index (κ1) is 7.50. The molecule has 1 heterocycles. The Bertz CT molecular complexity index is 120. The maximum atomic E-state index is 10.2. The van der Waals surface area contributed by atoms with E-state index in [9.17, 15) is 4.79 Å². The van der Waals surface area contributed by atoms with Crippen molar-refractivity contribution in [2.24, 2.45) is 0 Å². The van der Waals surface area contributed by atoms with E-state index in [2.05, 4.69) is 0 Å². The van der Waals surface area contributed by atoms with Crippen LogP contribution >= 0.6 is 0 Å². The van der Waals surface area contributed by atoms with Crippen molar-refractivity contribution in [1.29, 1.82) is 0 Å². The number of aliphatic carboxylic acids is 1. The summed E-state index contributed by atoms with van der Waals surface area (Å²) in [6.45, 7) is 3.27. The number of carboxylic acid groups (broad SMARTS) is 1. The van der Waals surface area contributed by atoms with E-state index in [1.807, 2.05) is 0 Å². The minimum Gasteiger partial charge on any atom is -0.477 e. The van der Waals surface area contributed by atoms with Crippen LogP contribution in [0.4, 0.5) is 0 Å². The Balaban J connectivity index is 2.19. The molecular weight excluding hydrogens is 134 g/mol. The second-order valence-electron chi connectivity index (χ2n) is 2.43. The number of rotatable bonds is 2. The van der Waals surface area contributed by atoms with E-state index in [1.165, 1.54) is 0 Å². The first-order valence-corrected chi connectivity index (χ1v) is 3.42. The summed E-state index contributed by atoms with van der Waals surface area (Å²) < 4.78 is 5.07. The highest BCUT2D eigenvalue weighted by Gasteiger charge is 2.16. The molecule has 0 unspecified atom stereocenters. The molecule has 10 heavy (non-hydrogen) atoms. The van der Waals surface area contributed by atoms with Crippen molar-refractivity contribution in [1.82, 2.24) is 0 Å². The number of hydrogen-bond donors (Lipinski definition) is 2. The lowest BCUT2D eigenvalue weighted by molar-refractivity contribution is -0.900. The minimum atomic E-state index is -0.725. The second kappa shape index (κ2) is 3.53. The number of carboxylic acids is 1. The van der Waals surface area contributed by atoms with Crippen molar-refractivity contribution in [3.05, 3.63) is 0 Å². The summed E-state index contributed by atoms with van der Waals surface area (Å²) in [5, 5.41) is 8.40. The van der Waals surface area contributed by atoms with Gasteiger partial charge in [-0.3, -0.25) is 0 Å². The maximum Gasteiger partial charge on any atom is 0.359 e. The number of morpholine rings is 1. The normalized spacial score (nSPS) is 20.8. The van der Waals surface area contributed by atoms with E-state index in [0.717, 1.165) is 18.0 Å². The molecule has 2 N–H and O–H groups in total. The van der Waals surface area contributed by atoms with Crippen molar-refractivity contribution in [3.63, 3.8) is 0 Å². The molecule has 0 aliphatic carbocycles. The van der Waals surface area contributed by atoms with Gasteiger partial charge in [-0.05, 0) is 0 Å². The fourth-order valence-electron chi connectivity index (χ4n) is 1.05. The van der Waals surface area contributed by atoms with Crippen LogP contribution in [0.3, 0.4) is 0 Å². The molecule has 0 aromatic rings. The fourth-order valence-corrected chi connectivity index (χ4v) is 1.05. The topological polar surface area (TPSA) is 51.0 Å². The summed E-state index contributed by atoms with van der Waals surface area (Å²) >= 11 is 0. The van der Waals surface area contributed by atoms with Crippen LogP contribution in [0.5, 0.6) is 0 Å². The molecule has 0 saturated carbocycles. The van der Waals surface area contributed by atoms with Gasteiger partial charge in [0.05, 0.1) is 13.2 Å². The first-order chi connectivity index (χ1) is 4.79. The van der Waals surface area contributed by atoms with Gasteiger partial charge in [0.25, 0.3) is 0 Å². The van der Waals surface area contributed by atoms with Crippen molar-refractivity contribution < 1.29 is 19.5 Å². The summed E-state index contributed by atoms with van der Waals surface area (Å²) in [5.41, 5.74) is 0. The standard InChI is InChI=1S/C6H11NO3/c8-6(9)5-7-1-3-10-4-2-7/h1-5H2,(H,8,9)/p+1. The van der Waals surface area contributed by atoms with Gasteiger partial charge in [0.1, 0.15) is 13.1 Å². The average Bonchev–Trinajstić information content (AvgIpc) is 1.88. The van der Waals surface area contributed by atoms with Gasteiger partial charge in [-0.2, -0.15) is 0 Å². The van der Waals surface area contributed by atoms with Gasteiger partial charge in [-0.1, -0.05) is 0 Å². The zero-order valence-corrected chi connectivity index (χ0v) is 5.80. The Morgan fingerprint density at radius 3 is 2.60 bits per heavy atom. The number of ether oxygens (including phenoxy) is 1. The molecular formula is C6H12NO3+. The molecule has 1 fully saturated rings. The molecule has 4 heteroatoms. The predicted molar refractivity (Wildman–Crippen MR) is 34.0 cm³/mol. The lowest BCUT2D eigenvalue weighted by atomic mass is 10.4. The number of quaternary nitrogens is 1. The summed E-state index contributed by atoms with van der Waals surface area (Å²) in [5.74, 6) is -0.725. The van der Waals surface area contributed by atoms with Crippen LogP contribution in [0.1, 0.15) is 0 Å². The summed E-state index contributed by atoms with van der Waals surface area (Å²) in [6.07, 6.45) is 0. The third-order valence-electron chi connectivity index (χ3n) is 1.60. The molecule has 0 radical (unpaired) electrons. The Morgan fingerprint density at radius 2 is 2.10 bits per heavy atom. The van der Waals surface area contributed by atoms with E-state index >= 15 is 0 Å². The van der Waals surface area contributed by atoms with E-state index in [1.54, 1.807) is 0 Å². The number of hydrogen-bond acceptors (Lipinski definition) is 2. The summed E-state index contributed by atoms with van der Waals surface area (Å²) in [7, 11) is 0. The SMILES string of the molecule is O=C(O)C[NH+]1CCOCC1. The molecule has 1 aliphatic heterocycles. The Morgan fingerprint density at radius 1 is 1.50 bits per heavy atom. The number of nitrogens with one attached hydrogen (secondary N) is 1. The lowest BCUT2D eigenvalue weighted by Crippen LogP contribution is -3.14. The molecule has 1 saturated heterocycles. The van der Waals surface area contributed by atoms with Gasteiger partial charge in [-0.25, -0.2) is 4.79 Å². The van der Waals surface area contributed by atoms with Crippen molar-refractivity contribution in [3.8, 4) is 0 Å². The van der Waals surface area contributed by atoms with Crippen LogP contribution in [-0.2, 0) is 9.53 Å². The zero-order valence-electron chi connectivity index (χ0n) is 5.80. The zero-order chi connectivity index (χ0) is 7.40. The van der Waals surface area contributed by atoms with Crippen LogP contribution < -0.4 is 4.90 Å². The van der Waals surface area contributed by atoms with Gasteiger partial charge in [0.2, 0.25) is 0 Å². The highest BCUT2D eigenvalue weighted by atomic mass is 16.5. The van der Waals surface area contributed by atoms with Crippen molar-refractivity contribution in [2.45, 2.75) is 0 Å². The van der Waals surface area contributed by atoms with E-state index in [0.29, 0.717) is 13.2 Å². The maximum absolute atomic E-state index is 10.2. The molecule has 1 rings (SSSR count). The molecule has 0 spiro atoms. The van der Waals surface area contributed by atoms with Crippen LogP contribution in [0, 0.1) is 0 Å². The van der Waals surface area contributed by atoms with Gasteiger partial charge in [0.15, 0.2) is 6.54 Å². The molecule has 58 valence electrons.